The number of hydrogen-bond acceptors (Lipinski definition) is 12. The van der Waals surface area contributed by atoms with Gasteiger partial charge in [-0.25, -0.2) is 13.9 Å². The van der Waals surface area contributed by atoms with Crippen LogP contribution >= 0.6 is 7.75 Å². The molecule has 16 heteroatoms. The first-order valence-electron chi connectivity index (χ1n) is 12.5. The Kier molecular flexibility index (Phi) is 8.81. The number of terminal acetylenes is 1. The molecule has 41 heavy (non-hydrogen) atoms. The number of aromatic nitrogens is 4. The number of esters is 1. The molecule has 4 N–H and O–H groups in total. The molecule has 3 heterocycles. The highest BCUT2D eigenvalue weighted by Gasteiger charge is 2.58. The first kappa shape index (κ1) is 30.2. The van der Waals surface area contributed by atoms with E-state index in [0.717, 1.165) is 0 Å². The van der Waals surface area contributed by atoms with Crippen LogP contribution < -0.4 is 20.2 Å². The van der Waals surface area contributed by atoms with E-state index in [2.05, 4.69) is 20.0 Å². The number of aliphatic hydroxyl groups is 1. The molecule has 4 rings (SSSR count). The third-order valence-corrected chi connectivity index (χ3v) is 7.78. The van der Waals surface area contributed by atoms with Crippen LogP contribution in [-0.2, 0) is 23.4 Å². The number of carbonyl (C=O) groups is 1. The maximum atomic E-state index is 16.2. The lowest BCUT2D eigenvalue weighted by atomic mass is 9.97. The van der Waals surface area contributed by atoms with Crippen LogP contribution in [0.1, 0.15) is 20.1 Å². The van der Waals surface area contributed by atoms with Gasteiger partial charge in [-0.1, -0.05) is 24.1 Å². The number of hydrogen-bond donors (Lipinski definition) is 3. The average Bonchev–Trinajstić information content (AvgIpc) is 3.45. The van der Waals surface area contributed by atoms with E-state index in [9.17, 15) is 14.5 Å². The lowest BCUT2D eigenvalue weighted by Gasteiger charge is -2.25. The van der Waals surface area contributed by atoms with E-state index < -0.39 is 50.5 Å². The first-order valence-corrected chi connectivity index (χ1v) is 14.1. The predicted octanol–water partition coefficient (Wildman–Crippen LogP) is 1.82. The number of nitrogens with zero attached hydrogens (tertiary/aromatic N) is 5. The van der Waals surface area contributed by atoms with Crippen molar-refractivity contribution in [2.24, 2.45) is 0 Å². The molecule has 220 valence electrons. The van der Waals surface area contributed by atoms with Crippen molar-refractivity contribution >= 4 is 36.6 Å². The summed E-state index contributed by atoms with van der Waals surface area (Å²) in [5.74, 6) is 1.69. The number of nitrogen functional groups attached to an aromatic ring is 1. The van der Waals surface area contributed by atoms with Crippen LogP contribution in [-0.4, -0.2) is 81.8 Å². The van der Waals surface area contributed by atoms with Gasteiger partial charge in [0.25, 0.3) is 0 Å². The van der Waals surface area contributed by atoms with Crippen molar-refractivity contribution in [3.8, 4) is 18.1 Å². The summed E-state index contributed by atoms with van der Waals surface area (Å²) in [4.78, 5) is 26.4. The molecule has 1 saturated heterocycles. The van der Waals surface area contributed by atoms with Crippen molar-refractivity contribution in [1.82, 2.24) is 24.6 Å². The Hall–Kier alpha value is -3.80. The first-order chi connectivity index (χ1) is 19.4. The summed E-state index contributed by atoms with van der Waals surface area (Å²) in [6.07, 6.45) is 1.79. The Balaban J connectivity index is 1.61. The molecule has 1 aliphatic rings. The fourth-order valence-electron chi connectivity index (χ4n) is 4.15. The van der Waals surface area contributed by atoms with Crippen LogP contribution in [0.4, 0.5) is 16.2 Å². The maximum Gasteiger partial charge on any atom is 0.459 e. The van der Waals surface area contributed by atoms with Gasteiger partial charge in [-0.15, -0.1) is 6.42 Å². The third-order valence-electron chi connectivity index (χ3n) is 6.13. The standard InChI is InChI=1S/C25H31FN7O7P/c1-6-25(26)19(34)17(39-23(25)33-14-28-18-20(32(4)5)29-24(27)30-21(18)33)13-38-41(36,31-15(3)22(35)37-7-2)40-16-11-9-8-10-12-16/h1,8-12,14-15,17,19,23,34H,7,13H2,2-5H3,(H,31,36)(H2,27,29,30)/t15-,17+,19+,23+,25+,41-/m0/s1. The van der Waals surface area contributed by atoms with Crippen LogP contribution in [0.15, 0.2) is 36.7 Å². The summed E-state index contributed by atoms with van der Waals surface area (Å²) in [6.45, 7) is 2.48. The van der Waals surface area contributed by atoms with E-state index in [0.29, 0.717) is 11.3 Å². The molecule has 0 radical (unpaired) electrons. The summed E-state index contributed by atoms with van der Waals surface area (Å²) in [7, 11) is -0.887. The fraction of sp³-hybridized carbons (Fsp3) is 0.440. The second-order valence-corrected chi connectivity index (χ2v) is 11.0. The molecular weight excluding hydrogens is 560 g/mol. The van der Waals surface area contributed by atoms with Gasteiger partial charge >= 0.3 is 13.7 Å². The minimum absolute atomic E-state index is 0.0965. The molecule has 1 fully saturated rings. The average molecular weight is 592 g/mol. The van der Waals surface area contributed by atoms with Crippen LogP contribution in [0.2, 0.25) is 0 Å². The minimum Gasteiger partial charge on any atom is -0.465 e. The zero-order chi connectivity index (χ0) is 29.9. The summed E-state index contributed by atoms with van der Waals surface area (Å²) in [6, 6.07) is 6.94. The molecule has 6 atom stereocenters. The number of alkyl halides is 1. The van der Waals surface area contributed by atoms with Crippen molar-refractivity contribution in [1.29, 1.82) is 0 Å². The molecule has 2 aromatic heterocycles. The molecular formula is C25H31FN7O7P. The number of carbonyl (C=O) groups excluding carboxylic acids is 1. The van der Waals surface area contributed by atoms with Crippen LogP contribution in [0.5, 0.6) is 5.75 Å². The minimum atomic E-state index is -4.33. The summed E-state index contributed by atoms with van der Waals surface area (Å²) in [5.41, 5.74) is 3.48. The highest BCUT2D eigenvalue weighted by atomic mass is 31.2. The largest absolute Gasteiger partial charge is 0.465 e. The Labute approximate surface area is 235 Å². The van der Waals surface area contributed by atoms with Crippen LogP contribution in [0.25, 0.3) is 11.2 Å². The SMILES string of the molecule is C#C[C@@]1(F)[C@H](O)[C@@H](CO[P@@](=O)(N[C@@H](C)C(=O)OCC)Oc2ccccc2)O[C@H]1n1cnc2c(N(C)C)nc(N)nc21. The number of halogens is 1. The maximum absolute atomic E-state index is 16.2. The molecule has 0 amide bonds. The van der Waals surface area contributed by atoms with Gasteiger partial charge in [0.05, 0.1) is 19.5 Å². The van der Waals surface area contributed by atoms with Crippen molar-refractivity contribution < 1.29 is 37.4 Å². The molecule has 1 aliphatic heterocycles. The summed E-state index contributed by atoms with van der Waals surface area (Å²) in [5, 5.41) is 13.4. The molecule has 1 aromatic carbocycles. The quantitative estimate of drug-likeness (QED) is 0.167. The highest BCUT2D eigenvalue weighted by Crippen LogP contribution is 2.48. The number of nitrogens with two attached hydrogens (primary N) is 1. The molecule has 14 nitrogen and oxygen atoms in total. The monoisotopic (exact) mass is 591 g/mol. The topological polar surface area (TPSA) is 176 Å². The number of ether oxygens (including phenoxy) is 2. The number of aliphatic hydroxyl groups excluding tert-OH is 1. The number of imidazole rings is 1. The van der Waals surface area contributed by atoms with E-state index in [-0.39, 0.29) is 24.0 Å². The number of anilines is 2. The molecule has 0 unspecified atom stereocenters. The molecule has 0 spiro atoms. The normalized spacial score (nSPS) is 24.4. The Bertz CT molecular complexity index is 1480. The van der Waals surface area contributed by atoms with E-state index in [1.807, 2.05) is 5.92 Å². The zero-order valence-electron chi connectivity index (χ0n) is 22.8. The van der Waals surface area contributed by atoms with E-state index >= 15 is 4.39 Å². The number of benzene rings is 1. The molecule has 3 aromatic rings. The van der Waals surface area contributed by atoms with Gasteiger partial charge in [0.15, 0.2) is 23.2 Å². The van der Waals surface area contributed by atoms with E-state index in [1.54, 1.807) is 44.1 Å². The number of nitrogens with one attached hydrogen (secondary N) is 1. The lowest BCUT2D eigenvalue weighted by molar-refractivity contribution is -0.144. The van der Waals surface area contributed by atoms with Crippen molar-refractivity contribution in [3.05, 3.63) is 36.7 Å². The van der Waals surface area contributed by atoms with Crippen LogP contribution in [0.3, 0.4) is 0 Å². The van der Waals surface area contributed by atoms with Gasteiger partial charge < -0.3 is 29.7 Å². The summed E-state index contributed by atoms with van der Waals surface area (Å²) < 4.78 is 53.0. The second kappa shape index (κ2) is 12.0. The third kappa shape index (κ3) is 6.12. The molecule has 0 bridgehead atoms. The van der Waals surface area contributed by atoms with Crippen molar-refractivity contribution in [2.75, 3.05) is 37.9 Å². The predicted molar refractivity (Wildman–Crippen MR) is 147 cm³/mol. The molecule has 0 aliphatic carbocycles. The van der Waals surface area contributed by atoms with E-state index in [1.165, 1.54) is 30.0 Å². The zero-order valence-corrected chi connectivity index (χ0v) is 23.7. The fourth-order valence-corrected chi connectivity index (χ4v) is 5.65. The summed E-state index contributed by atoms with van der Waals surface area (Å²) >= 11 is 0. The molecule has 0 saturated carbocycles. The highest BCUT2D eigenvalue weighted by molar-refractivity contribution is 7.52. The lowest BCUT2D eigenvalue weighted by Crippen LogP contribution is -2.42. The number of rotatable bonds is 11. The van der Waals surface area contributed by atoms with Gasteiger partial charge in [0.2, 0.25) is 11.6 Å². The van der Waals surface area contributed by atoms with Gasteiger partial charge in [0, 0.05) is 14.1 Å². The van der Waals surface area contributed by atoms with E-state index in [4.69, 9.17) is 30.7 Å². The number of para-hydroxylation sites is 1. The van der Waals surface area contributed by atoms with Gasteiger partial charge in [-0.2, -0.15) is 15.1 Å². The van der Waals surface area contributed by atoms with Gasteiger partial charge in [-0.05, 0) is 26.0 Å². The van der Waals surface area contributed by atoms with Crippen LogP contribution in [0, 0.1) is 12.3 Å². The van der Waals surface area contributed by atoms with Gasteiger partial charge in [-0.3, -0.25) is 13.9 Å². The smallest absolute Gasteiger partial charge is 0.459 e. The Morgan fingerprint density at radius 2 is 2.10 bits per heavy atom. The number of fused-ring (bicyclic) bond motifs is 1. The van der Waals surface area contributed by atoms with Crippen molar-refractivity contribution in [2.45, 2.75) is 44.0 Å². The Morgan fingerprint density at radius 3 is 2.73 bits per heavy atom. The second-order valence-electron chi connectivity index (χ2n) is 9.31. The van der Waals surface area contributed by atoms with Gasteiger partial charge in [0.1, 0.15) is 24.0 Å². The van der Waals surface area contributed by atoms with Crippen molar-refractivity contribution in [3.63, 3.8) is 0 Å². The Morgan fingerprint density at radius 1 is 1.39 bits per heavy atom.